The maximum Gasteiger partial charge on any atom is 0.293 e. The summed E-state index contributed by atoms with van der Waals surface area (Å²) < 4.78 is 35.4. The van der Waals surface area contributed by atoms with Crippen LogP contribution in [0.25, 0.3) is 11.7 Å². The van der Waals surface area contributed by atoms with Gasteiger partial charge in [0.25, 0.3) is 5.89 Å². The van der Waals surface area contributed by atoms with Crippen LogP contribution in [-0.4, -0.2) is 31.4 Å². The molecular weight excluding hydrogens is 356 g/mol. The Morgan fingerprint density at radius 3 is 2.96 bits per heavy atom. The summed E-state index contributed by atoms with van der Waals surface area (Å²) in [5.74, 6) is 1.85. The summed E-state index contributed by atoms with van der Waals surface area (Å²) in [6.45, 7) is 1.04. The monoisotopic (exact) mass is 376 g/mol. The standard InChI is InChI=1S/C14H20N4O4S.ClH/c1-23(19,20)16-9-10-6-7-12(21-10)14-17-13(18-22-14)11-5-3-2-4-8-15-11;/h6-7,11,15-16H,2-5,8-9H2,1H3;1H. The Morgan fingerprint density at radius 1 is 1.33 bits per heavy atom. The number of rotatable bonds is 5. The molecule has 0 amide bonds. The zero-order chi connectivity index (χ0) is 16.3. The summed E-state index contributed by atoms with van der Waals surface area (Å²) in [6.07, 6.45) is 5.60. The SMILES string of the molecule is CS(=O)(=O)NCc1ccc(-c2nc(C3CCCCCN3)no2)o1.Cl. The van der Waals surface area contributed by atoms with Crippen LogP contribution >= 0.6 is 12.4 Å². The van der Waals surface area contributed by atoms with Gasteiger partial charge in [-0.05, 0) is 31.5 Å². The second-order valence-corrected chi connectivity index (χ2v) is 7.51. The van der Waals surface area contributed by atoms with E-state index in [1.54, 1.807) is 12.1 Å². The predicted molar refractivity (Wildman–Crippen MR) is 90.1 cm³/mol. The van der Waals surface area contributed by atoms with Gasteiger partial charge in [0.15, 0.2) is 11.6 Å². The molecule has 1 saturated heterocycles. The number of nitrogens with one attached hydrogen (secondary N) is 2. The summed E-state index contributed by atoms with van der Waals surface area (Å²) >= 11 is 0. The Hall–Kier alpha value is -1.42. The van der Waals surface area contributed by atoms with Crippen LogP contribution in [0.15, 0.2) is 21.1 Å². The molecule has 0 aliphatic carbocycles. The maximum absolute atomic E-state index is 11.1. The predicted octanol–water partition coefficient (Wildman–Crippen LogP) is 2.01. The molecule has 10 heteroatoms. The first-order chi connectivity index (χ1) is 11.0. The van der Waals surface area contributed by atoms with Crippen molar-refractivity contribution in [1.29, 1.82) is 0 Å². The third-order valence-corrected chi connectivity index (χ3v) is 4.36. The lowest BCUT2D eigenvalue weighted by Crippen LogP contribution is -2.21. The highest BCUT2D eigenvalue weighted by Crippen LogP contribution is 2.25. The van der Waals surface area contributed by atoms with Gasteiger partial charge in [-0.3, -0.25) is 0 Å². The van der Waals surface area contributed by atoms with Crippen molar-refractivity contribution in [1.82, 2.24) is 20.2 Å². The van der Waals surface area contributed by atoms with Gasteiger partial charge >= 0.3 is 0 Å². The zero-order valence-corrected chi connectivity index (χ0v) is 15.0. The fourth-order valence-corrected chi connectivity index (χ4v) is 2.92. The van der Waals surface area contributed by atoms with Crippen LogP contribution in [-0.2, 0) is 16.6 Å². The first-order valence-electron chi connectivity index (χ1n) is 7.62. The Labute approximate surface area is 146 Å². The molecule has 2 aromatic rings. The minimum atomic E-state index is -3.26. The fraction of sp³-hybridized carbons (Fsp3) is 0.571. The van der Waals surface area contributed by atoms with E-state index in [1.807, 2.05) is 0 Å². The van der Waals surface area contributed by atoms with Crippen molar-refractivity contribution in [3.8, 4) is 11.7 Å². The zero-order valence-electron chi connectivity index (χ0n) is 13.3. The molecule has 2 aromatic heterocycles. The molecule has 1 aliphatic rings. The van der Waals surface area contributed by atoms with Gasteiger partial charge in [-0.15, -0.1) is 12.4 Å². The largest absolute Gasteiger partial charge is 0.455 e. The molecule has 2 N–H and O–H groups in total. The van der Waals surface area contributed by atoms with Crippen molar-refractivity contribution in [3.05, 3.63) is 23.7 Å². The summed E-state index contributed by atoms with van der Waals surface area (Å²) in [7, 11) is -3.26. The van der Waals surface area contributed by atoms with E-state index < -0.39 is 10.0 Å². The molecule has 0 bridgehead atoms. The second kappa shape index (κ2) is 8.11. The Morgan fingerprint density at radius 2 is 2.17 bits per heavy atom. The van der Waals surface area contributed by atoms with Gasteiger partial charge in [0, 0.05) is 0 Å². The van der Waals surface area contributed by atoms with E-state index in [0.29, 0.717) is 23.2 Å². The lowest BCUT2D eigenvalue weighted by Gasteiger charge is -2.09. The Kier molecular flexibility index (Phi) is 6.39. The van der Waals surface area contributed by atoms with Crippen molar-refractivity contribution in [2.24, 2.45) is 0 Å². The molecule has 3 heterocycles. The molecule has 134 valence electrons. The number of furan rings is 1. The highest BCUT2D eigenvalue weighted by atomic mass is 35.5. The summed E-state index contributed by atoms with van der Waals surface area (Å²) in [4.78, 5) is 4.40. The third kappa shape index (κ3) is 5.04. The molecule has 0 radical (unpaired) electrons. The average molecular weight is 377 g/mol. The van der Waals surface area contributed by atoms with Gasteiger partial charge in [0.2, 0.25) is 10.0 Å². The topological polar surface area (TPSA) is 110 Å². The van der Waals surface area contributed by atoms with Crippen LogP contribution in [0.3, 0.4) is 0 Å². The van der Waals surface area contributed by atoms with Gasteiger partial charge < -0.3 is 14.3 Å². The second-order valence-electron chi connectivity index (χ2n) is 5.67. The molecule has 8 nitrogen and oxygen atoms in total. The molecule has 1 fully saturated rings. The highest BCUT2D eigenvalue weighted by molar-refractivity contribution is 7.88. The van der Waals surface area contributed by atoms with Gasteiger partial charge in [-0.2, -0.15) is 4.98 Å². The molecular formula is C14H21ClN4O4S. The van der Waals surface area contributed by atoms with Gasteiger partial charge in [0.05, 0.1) is 18.8 Å². The Balaban J connectivity index is 0.00000208. The first kappa shape index (κ1) is 18.9. The van der Waals surface area contributed by atoms with Crippen molar-refractivity contribution in [2.45, 2.75) is 38.3 Å². The van der Waals surface area contributed by atoms with E-state index in [-0.39, 0.29) is 25.0 Å². The van der Waals surface area contributed by atoms with Crippen molar-refractivity contribution in [3.63, 3.8) is 0 Å². The number of nitrogens with zero attached hydrogens (tertiary/aromatic N) is 2. The van der Waals surface area contributed by atoms with Gasteiger partial charge in [0.1, 0.15) is 5.76 Å². The van der Waals surface area contributed by atoms with Crippen LogP contribution in [0, 0.1) is 0 Å². The molecule has 0 saturated carbocycles. The lowest BCUT2D eigenvalue weighted by atomic mass is 10.1. The number of aromatic nitrogens is 2. The molecule has 1 atom stereocenters. The molecule has 1 unspecified atom stereocenters. The molecule has 0 aromatic carbocycles. The average Bonchev–Trinajstić information content (AvgIpc) is 3.08. The summed E-state index contributed by atoms with van der Waals surface area (Å²) in [5, 5.41) is 7.44. The minimum absolute atomic E-state index is 0. The van der Waals surface area contributed by atoms with Crippen LogP contribution < -0.4 is 10.0 Å². The van der Waals surface area contributed by atoms with E-state index in [2.05, 4.69) is 20.2 Å². The van der Waals surface area contributed by atoms with E-state index in [9.17, 15) is 8.42 Å². The smallest absolute Gasteiger partial charge is 0.293 e. The van der Waals surface area contributed by atoms with E-state index in [0.717, 1.165) is 32.1 Å². The van der Waals surface area contributed by atoms with Crippen molar-refractivity contribution < 1.29 is 17.4 Å². The number of hydrogen-bond acceptors (Lipinski definition) is 7. The first-order valence-corrected chi connectivity index (χ1v) is 9.51. The molecule has 24 heavy (non-hydrogen) atoms. The maximum atomic E-state index is 11.1. The normalized spacial score (nSPS) is 18.8. The summed E-state index contributed by atoms with van der Waals surface area (Å²) in [6, 6.07) is 3.48. The van der Waals surface area contributed by atoms with Gasteiger partial charge in [-0.25, -0.2) is 13.1 Å². The van der Waals surface area contributed by atoms with E-state index in [4.69, 9.17) is 8.94 Å². The summed E-state index contributed by atoms with van der Waals surface area (Å²) in [5.41, 5.74) is 0. The van der Waals surface area contributed by atoms with Gasteiger partial charge in [-0.1, -0.05) is 18.0 Å². The van der Waals surface area contributed by atoms with Crippen LogP contribution in [0.1, 0.15) is 43.3 Å². The van der Waals surface area contributed by atoms with E-state index in [1.165, 1.54) is 6.42 Å². The van der Waals surface area contributed by atoms with Crippen molar-refractivity contribution in [2.75, 3.05) is 12.8 Å². The van der Waals surface area contributed by atoms with Crippen LogP contribution in [0.2, 0.25) is 0 Å². The number of hydrogen-bond donors (Lipinski definition) is 2. The lowest BCUT2D eigenvalue weighted by molar-refractivity contribution is 0.390. The quantitative estimate of drug-likeness (QED) is 0.821. The fourth-order valence-electron chi connectivity index (χ4n) is 2.52. The highest BCUT2D eigenvalue weighted by Gasteiger charge is 2.21. The van der Waals surface area contributed by atoms with E-state index >= 15 is 0 Å². The van der Waals surface area contributed by atoms with Crippen molar-refractivity contribution >= 4 is 22.4 Å². The Bertz CT molecular complexity index is 750. The third-order valence-electron chi connectivity index (χ3n) is 3.69. The number of halogens is 1. The molecule has 1 aliphatic heterocycles. The molecule has 3 rings (SSSR count). The number of sulfonamides is 1. The molecule has 0 spiro atoms. The minimum Gasteiger partial charge on any atom is -0.455 e. The van der Waals surface area contributed by atoms with Crippen LogP contribution in [0.4, 0.5) is 0 Å². The van der Waals surface area contributed by atoms with Crippen LogP contribution in [0.5, 0.6) is 0 Å².